The Morgan fingerprint density at radius 1 is 1.20 bits per heavy atom. The van der Waals surface area contributed by atoms with Crippen LogP contribution in [-0.4, -0.2) is 42.4 Å². The molecule has 0 saturated heterocycles. The van der Waals surface area contributed by atoms with Crippen molar-refractivity contribution < 1.29 is 22.3 Å². The van der Waals surface area contributed by atoms with Gasteiger partial charge in [0, 0.05) is 27.9 Å². The Balaban J connectivity index is 0. The molecule has 0 aliphatic heterocycles. The fourth-order valence-electron chi connectivity index (χ4n) is 0. The maximum atomic E-state index is 0. The first-order chi connectivity index (χ1) is 0. The molecule has 0 aliphatic rings. The predicted molar refractivity (Wildman–Crippen MR) is 35.4 cm³/mol. The van der Waals surface area contributed by atoms with Gasteiger partial charge >= 0.3 is 23.1 Å². The molecule has 0 rings (SSSR count). The van der Waals surface area contributed by atoms with Crippen molar-refractivity contribution in [3.63, 3.8) is 0 Å². The van der Waals surface area contributed by atoms with Crippen molar-refractivity contribution in [3.05, 3.63) is 0 Å². The second-order valence-electron chi connectivity index (χ2n) is 0. The molecule has 0 atom stereocenters. The maximum absolute atomic E-state index is 0. The molecule has 0 amide bonds. The number of rotatable bonds is 0. The molecule has 0 fully saturated rings. The van der Waals surface area contributed by atoms with Gasteiger partial charge in [-0.25, -0.2) is 0 Å². The molecule has 0 saturated carbocycles. The van der Waals surface area contributed by atoms with Crippen LogP contribution in [0.25, 0.3) is 0 Å². The topological polar surface area (TPSA) is 0 Å². The van der Waals surface area contributed by atoms with E-state index in [0.29, 0.717) is 0 Å². The van der Waals surface area contributed by atoms with Crippen molar-refractivity contribution in [1.29, 1.82) is 0 Å². The van der Waals surface area contributed by atoms with Crippen LogP contribution in [0.15, 0.2) is 0 Å². The van der Waals surface area contributed by atoms with Crippen LogP contribution in [0.4, 0.5) is 0 Å². The molecule has 0 spiro atoms. The van der Waals surface area contributed by atoms with Crippen LogP contribution in [-0.2, 0) is 19.5 Å². The third kappa shape index (κ3) is 23.8. The molecule has 5 heteroatoms. The van der Waals surface area contributed by atoms with Crippen LogP contribution < -0.4 is 0 Å². The van der Waals surface area contributed by atoms with Crippen LogP contribution in [0.1, 0.15) is 2.85 Å². The van der Waals surface area contributed by atoms with E-state index in [1.165, 1.54) is 0 Å². The molecule has 0 aliphatic carbocycles. The molecule has 0 unspecified atom stereocenters. The minimum absolute atomic E-state index is 0. The largest absolute Gasteiger partial charge is 2.00 e. The molecule has 0 heterocycles. The van der Waals surface area contributed by atoms with E-state index in [4.69, 9.17) is 0 Å². The van der Waals surface area contributed by atoms with E-state index in [-0.39, 0.29) is 78.3 Å². The summed E-state index contributed by atoms with van der Waals surface area (Å²) in [6.45, 7) is 0. The molecule has 0 aromatic heterocycles. The van der Waals surface area contributed by atoms with Gasteiger partial charge in [-0.2, -0.15) is 13.5 Å². The molecule has 0 aromatic carbocycles. The van der Waals surface area contributed by atoms with Gasteiger partial charge in [0.1, 0.15) is 0 Å². The summed E-state index contributed by atoms with van der Waals surface area (Å²) in [7, 11) is 0. The molecule has 5 heavy (non-hydrogen) atoms. The monoisotopic (exact) mass is 167 g/mol. The standard InChI is InChI=1S/B.Mg.H2S.H4Si.Zn.2H/h;;1H2;1H4;;;/q;+2;;;;2*-1. The van der Waals surface area contributed by atoms with Crippen LogP contribution in [0.2, 0.25) is 0 Å². The molecule has 25 valence electrons. The minimum Gasteiger partial charge on any atom is -1.00 e. The third-order valence-corrected chi connectivity index (χ3v) is 0. The van der Waals surface area contributed by atoms with E-state index >= 15 is 0 Å². The Morgan fingerprint density at radius 2 is 1.20 bits per heavy atom. The summed E-state index contributed by atoms with van der Waals surface area (Å²) < 4.78 is 0. The number of hydrogen-bond acceptors (Lipinski definition) is 0. The zero-order valence-corrected chi connectivity index (χ0v) is 7.87. The third-order valence-electron chi connectivity index (χ3n) is 0. The first kappa shape index (κ1) is 62.3. The van der Waals surface area contributed by atoms with Crippen LogP contribution in [0.3, 0.4) is 0 Å². The molecule has 0 N–H and O–H groups in total. The zero-order valence-electron chi connectivity index (χ0n) is 4.49. The van der Waals surface area contributed by atoms with Crippen molar-refractivity contribution in [1.82, 2.24) is 0 Å². The van der Waals surface area contributed by atoms with Crippen molar-refractivity contribution in [2.24, 2.45) is 0 Å². The van der Waals surface area contributed by atoms with Crippen LogP contribution in [0.5, 0.6) is 0 Å². The molecule has 0 aromatic rings. The van der Waals surface area contributed by atoms with E-state index in [1.807, 2.05) is 0 Å². The summed E-state index contributed by atoms with van der Waals surface area (Å²) in [6.07, 6.45) is 0. The Morgan fingerprint density at radius 3 is 1.20 bits per heavy atom. The van der Waals surface area contributed by atoms with E-state index in [1.54, 1.807) is 0 Å². The average molecular weight is 169 g/mol. The van der Waals surface area contributed by atoms with Crippen molar-refractivity contribution >= 4 is 55.9 Å². The zero-order chi connectivity index (χ0) is 0. The summed E-state index contributed by atoms with van der Waals surface area (Å²) >= 11 is 0. The van der Waals surface area contributed by atoms with Gasteiger partial charge in [-0.1, -0.05) is 0 Å². The summed E-state index contributed by atoms with van der Waals surface area (Å²) in [4.78, 5) is 0. The Kier molecular flexibility index (Phi) is 463. The predicted octanol–water partition coefficient (Wildman–Crippen LogP) is -1.88. The summed E-state index contributed by atoms with van der Waals surface area (Å²) in [5.74, 6) is 0. The number of hydrogen-bond donors (Lipinski definition) is 0. The van der Waals surface area contributed by atoms with Gasteiger partial charge in [0.2, 0.25) is 0 Å². The van der Waals surface area contributed by atoms with Gasteiger partial charge in [-0.15, -0.1) is 0 Å². The Bertz CT molecular complexity index is 17.7. The van der Waals surface area contributed by atoms with Gasteiger partial charge in [-0.05, 0) is 11.0 Å². The fourth-order valence-corrected chi connectivity index (χ4v) is 0. The SMILES string of the molecule is S.[B].[H-].[H-].[Mg+2].[SiH4].[Zn]. The molecule has 3 radical (unpaired) electrons. The van der Waals surface area contributed by atoms with E-state index in [9.17, 15) is 0 Å². The summed E-state index contributed by atoms with van der Waals surface area (Å²) in [5, 5.41) is 0. The van der Waals surface area contributed by atoms with Gasteiger partial charge in [0.25, 0.3) is 0 Å². The van der Waals surface area contributed by atoms with Gasteiger partial charge < -0.3 is 2.85 Å². The van der Waals surface area contributed by atoms with Crippen molar-refractivity contribution in [2.75, 3.05) is 0 Å². The van der Waals surface area contributed by atoms with Crippen molar-refractivity contribution in [2.45, 2.75) is 0 Å². The first-order valence-corrected chi connectivity index (χ1v) is 0. The smallest absolute Gasteiger partial charge is 1.00 e. The van der Waals surface area contributed by atoms with Crippen LogP contribution in [0, 0.1) is 0 Å². The molecule has 0 bridgehead atoms. The summed E-state index contributed by atoms with van der Waals surface area (Å²) in [5.41, 5.74) is 0. The van der Waals surface area contributed by atoms with Gasteiger partial charge in [0.05, 0.1) is 0 Å². The fraction of sp³-hybridized carbons (Fsp3) is 0. The molecular formula is H8BMgSSiZn. The normalized spacial score (nSPS) is 0. The second kappa shape index (κ2) is 37.2. The van der Waals surface area contributed by atoms with E-state index in [0.717, 1.165) is 0 Å². The minimum atomic E-state index is 0. The van der Waals surface area contributed by atoms with Gasteiger partial charge in [-0.3, -0.25) is 0 Å². The molecule has 0 nitrogen and oxygen atoms in total. The second-order valence-corrected chi connectivity index (χ2v) is 0. The Labute approximate surface area is 77.8 Å². The quantitative estimate of drug-likeness (QED) is 0.372. The average Bonchev–Trinajstić information content (AvgIpc) is 0. The van der Waals surface area contributed by atoms with Gasteiger partial charge in [0.15, 0.2) is 0 Å². The van der Waals surface area contributed by atoms with E-state index in [2.05, 4.69) is 0 Å². The van der Waals surface area contributed by atoms with E-state index < -0.39 is 0 Å². The first-order valence-electron chi connectivity index (χ1n) is 0. The van der Waals surface area contributed by atoms with Crippen LogP contribution >= 0.6 is 13.5 Å². The van der Waals surface area contributed by atoms with Crippen molar-refractivity contribution in [3.8, 4) is 0 Å². The Hall–Kier alpha value is 2.02. The maximum Gasteiger partial charge on any atom is 2.00 e. The summed E-state index contributed by atoms with van der Waals surface area (Å²) in [6, 6.07) is 0. The molecular weight excluding hydrogens is 161 g/mol.